The topological polar surface area (TPSA) is 35.2 Å². The molecule has 0 aromatic carbocycles. The molecule has 2 atom stereocenters. The molecule has 0 heterocycles. The van der Waals surface area contributed by atoms with Crippen molar-refractivity contribution >= 4 is 0 Å². The van der Waals surface area contributed by atoms with E-state index in [1.165, 1.54) is 0 Å². The zero-order chi connectivity index (χ0) is 8.27. The fraction of sp³-hybridized carbons (Fsp3) is 1.00. The second-order valence-corrected chi connectivity index (χ2v) is 2.93. The maximum Gasteiger partial charge on any atom is 0.345 e. The predicted molar refractivity (Wildman–Crippen MR) is 37.3 cm³/mol. The molecule has 0 amide bonds. The van der Waals surface area contributed by atoms with Crippen LogP contribution in [0.4, 0.5) is 8.78 Å². The average Bonchev–Trinajstić information content (AvgIpc) is 2.34. The first-order chi connectivity index (χ1) is 5.22. The van der Waals surface area contributed by atoms with Gasteiger partial charge in [0.25, 0.3) is 0 Å². The predicted octanol–water partition coefficient (Wildman–Crippen LogP) is 1.35. The fourth-order valence-electron chi connectivity index (χ4n) is 1.51. The van der Waals surface area contributed by atoms with Gasteiger partial charge in [-0.1, -0.05) is 0 Å². The van der Waals surface area contributed by atoms with Crippen LogP contribution in [0.3, 0.4) is 0 Å². The Balaban J connectivity index is 2.19. The Bertz CT molecular complexity index is 121. The monoisotopic (exact) mass is 165 g/mol. The van der Waals surface area contributed by atoms with Crippen LogP contribution in [-0.4, -0.2) is 19.3 Å². The van der Waals surface area contributed by atoms with Gasteiger partial charge in [0.05, 0.1) is 6.10 Å². The van der Waals surface area contributed by atoms with Crippen molar-refractivity contribution in [3.05, 3.63) is 0 Å². The minimum Gasteiger partial charge on any atom is -0.330 e. The quantitative estimate of drug-likeness (QED) is 0.685. The highest BCUT2D eigenvalue weighted by molar-refractivity contribution is 4.76. The van der Waals surface area contributed by atoms with E-state index < -0.39 is 6.61 Å². The Kier molecular flexibility index (Phi) is 3.20. The molecule has 2 N–H and O–H groups in total. The first-order valence-corrected chi connectivity index (χ1v) is 3.86. The second-order valence-electron chi connectivity index (χ2n) is 2.93. The van der Waals surface area contributed by atoms with Crippen LogP contribution in [0.1, 0.15) is 19.3 Å². The van der Waals surface area contributed by atoms with Gasteiger partial charge in [0.2, 0.25) is 0 Å². The van der Waals surface area contributed by atoms with Crippen molar-refractivity contribution in [2.75, 3.05) is 6.54 Å². The van der Waals surface area contributed by atoms with Gasteiger partial charge in [-0.2, -0.15) is 8.78 Å². The van der Waals surface area contributed by atoms with Crippen molar-refractivity contribution in [3.8, 4) is 0 Å². The Morgan fingerprint density at radius 3 is 2.64 bits per heavy atom. The zero-order valence-electron chi connectivity index (χ0n) is 6.30. The highest BCUT2D eigenvalue weighted by atomic mass is 19.3. The second kappa shape index (κ2) is 3.97. The van der Waals surface area contributed by atoms with E-state index in [2.05, 4.69) is 4.74 Å². The Labute approximate surface area is 64.7 Å². The lowest BCUT2D eigenvalue weighted by atomic mass is 10.1. The molecule has 0 spiro atoms. The SMILES string of the molecule is NCC1CCC(OC(F)F)C1. The van der Waals surface area contributed by atoms with Gasteiger partial charge in [0, 0.05) is 0 Å². The summed E-state index contributed by atoms with van der Waals surface area (Å²) < 4.78 is 27.7. The maximum atomic E-state index is 11.7. The lowest BCUT2D eigenvalue weighted by Gasteiger charge is -2.09. The van der Waals surface area contributed by atoms with Crippen LogP contribution in [0.25, 0.3) is 0 Å². The van der Waals surface area contributed by atoms with Crippen LogP contribution in [0.2, 0.25) is 0 Å². The van der Waals surface area contributed by atoms with Crippen molar-refractivity contribution < 1.29 is 13.5 Å². The highest BCUT2D eigenvalue weighted by Crippen LogP contribution is 2.27. The van der Waals surface area contributed by atoms with Gasteiger partial charge >= 0.3 is 6.61 Å². The van der Waals surface area contributed by atoms with Crippen LogP contribution in [0, 0.1) is 5.92 Å². The molecular formula is C7H13F2NO. The van der Waals surface area contributed by atoms with Crippen LogP contribution in [0.15, 0.2) is 0 Å². The van der Waals surface area contributed by atoms with Gasteiger partial charge in [-0.25, -0.2) is 0 Å². The third-order valence-electron chi connectivity index (χ3n) is 2.12. The summed E-state index contributed by atoms with van der Waals surface area (Å²) in [6, 6.07) is 0. The first-order valence-electron chi connectivity index (χ1n) is 3.86. The Morgan fingerprint density at radius 2 is 2.18 bits per heavy atom. The maximum absolute atomic E-state index is 11.7. The van der Waals surface area contributed by atoms with Crippen LogP contribution < -0.4 is 5.73 Å². The van der Waals surface area contributed by atoms with Gasteiger partial charge < -0.3 is 10.5 Å². The fourth-order valence-corrected chi connectivity index (χ4v) is 1.51. The van der Waals surface area contributed by atoms with Gasteiger partial charge in [0.15, 0.2) is 0 Å². The number of ether oxygens (including phenoxy) is 1. The van der Waals surface area contributed by atoms with Crippen molar-refractivity contribution in [2.45, 2.75) is 32.0 Å². The van der Waals surface area contributed by atoms with Gasteiger partial charge in [-0.15, -0.1) is 0 Å². The number of nitrogens with two attached hydrogens (primary N) is 1. The molecule has 1 aliphatic carbocycles. The molecule has 4 heteroatoms. The van der Waals surface area contributed by atoms with Crippen LogP contribution in [-0.2, 0) is 4.74 Å². The molecule has 1 fully saturated rings. The summed E-state index contributed by atoms with van der Waals surface area (Å²) in [5.41, 5.74) is 5.38. The number of alkyl halides is 2. The smallest absolute Gasteiger partial charge is 0.330 e. The number of hydrogen-bond donors (Lipinski definition) is 1. The van der Waals surface area contributed by atoms with Crippen LogP contribution >= 0.6 is 0 Å². The summed E-state index contributed by atoms with van der Waals surface area (Å²) in [5, 5.41) is 0. The third kappa shape index (κ3) is 2.71. The van der Waals surface area contributed by atoms with Crippen molar-refractivity contribution in [1.29, 1.82) is 0 Å². The third-order valence-corrected chi connectivity index (χ3v) is 2.12. The summed E-state index contributed by atoms with van der Waals surface area (Å²) in [6.45, 7) is -2.04. The standard InChI is InChI=1S/C7H13F2NO/c8-7(9)11-6-2-1-5(3-6)4-10/h5-7H,1-4,10H2. The summed E-state index contributed by atoms with van der Waals surface area (Å²) in [5.74, 6) is 0.388. The van der Waals surface area contributed by atoms with Crippen molar-refractivity contribution in [1.82, 2.24) is 0 Å². The van der Waals surface area contributed by atoms with Gasteiger partial charge in [0.1, 0.15) is 0 Å². The molecule has 0 bridgehead atoms. The number of rotatable bonds is 3. The molecule has 0 aliphatic heterocycles. The van der Waals surface area contributed by atoms with E-state index in [-0.39, 0.29) is 6.10 Å². The molecule has 1 aliphatic rings. The number of halogens is 2. The molecule has 2 nitrogen and oxygen atoms in total. The van der Waals surface area contributed by atoms with E-state index in [0.29, 0.717) is 18.9 Å². The van der Waals surface area contributed by atoms with E-state index in [1.54, 1.807) is 0 Å². The van der Waals surface area contributed by atoms with Crippen molar-refractivity contribution in [2.24, 2.45) is 11.7 Å². The molecule has 1 rings (SSSR count). The number of hydrogen-bond acceptors (Lipinski definition) is 2. The molecule has 0 saturated heterocycles. The van der Waals surface area contributed by atoms with Gasteiger partial charge in [-0.3, -0.25) is 0 Å². The average molecular weight is 165 g/mol. The molecule has 0 aromatic rings. The highest BCUT2D eigenvalue weighted by Gasteiger charge is 2.26. The molecule has 2 unspecified atom stereocenters. The Hall–Kier alpha value is -0.220. The molecule has 11 heavy (non-hydrogen) atoms. The summed E-state index contributed by atoms with van der Waals surface area (Å²) >= 11 is 0. The lowest BCUT2D eigenvalue weighted by Crippen LogP contribution is -2.15. The molecule has 1 saturated carbocycles. The van der Waals surface area contributed by atoms with E-state index in [0.717, 1.165) is 12.8 Å². The largest absolute Gasteiger partial charge is 0.345 e. The lowest BCUT2D eigenvalue weighted by molar-refractivity contribution is -0.160. The summed E-state index contributed by atoms with van der Waals surface area (Å²) in [4.78, 5) is 0. The first kappa shape index (κ1) is 8.87. The van der Waals surface area contributed by atoms with E-state index >= 15 is 0 Å². The molecule has 66 valence electrons. The molecule has 0 aromatic heterocycles. The van der Waals surface area contributed by atoms with E-state index in [4.69, 9.17) is 5.73 Å². The molecule has 0 radical (unpaired) electrons. The minimum atomic E-state index is -2.63. The van der Waals surface area contributed by atoms with E-state index in [9.17, 15) is 8.78 Å². The van der Waals surface area contributed by atoms with Gasteiger partial charge in [-0.05, 0) is 31.7 Å². The van der Waals surface area contributed by atoms with Crippen LogP contribution in [0.5, 0.6) is 0 Å². The van der Waals surface area contributed by atoms with E-state index in [1.807, 2.05) is 0 Å². The normalized spacial score (nSPS) is 31.6. The zero-order valence-corrected chi connectivity index (χ0v) is 6.30. The minimum absolute atomic E-state index is 0.261. The molecular weight excluding hydrogens is 152 g/mol. The summed E-state index contributed by atoms with van der Waals surface area (Å²) in [6.07, 6.45) is 2.09. The Morgan fingerprint density at radius 1 is 1.45 bits per heavy atom. The van der Waals surface area contributed by atoms with Crippen molar-refractivity contribution in [3.63, 3.8) is 0 Å². The summed E-state index contributed by atoms with van der Waals surface area (Å²) in [7, 11) is 0.